The predicted molar refractivity (Wildman–Crippen MR) is 110 cm³/mol. The summed E-state index contributed by atoms with van der Waals surface area (Å²) in [5.74, 6) is 0.925. The van der Waals surface area contributed by atoms with E-state index in [1.54, 1.807) is 0 Å². The molecule has 0 atom stereocenters. The number of piperazine rings is 1. The fourth-order valence-corrected chi connectivity index (χ4v) is 2.86. The summed E-state index contributed by atoms with van der Waals surface area (Å²) in [6.07, 6.45) is 0. The first-order chi connectivity index (χ1) is 12.7. The highest BCUT2D eigenvalue weighted by Gasteiger charge is 2.28. The summed E-state index contributed by atoms with van der Waals surface area (Å²) in [5, 5.41) is 9.13. The third kappa shape index (κ3) is 8.15. The maximum absolute atomic E-state index is 12.2. The zero-order valence-corrected chi connectivity index (χ0v) is 17.9. The molecule has 0 bridgehead atoms. The number of carbonyl (C=O) groups is 2. The number of amides is 2. The lowest BCUT2D eigenvalue weighted by Crippen LogP contribution is -2.54. The maximum Gasteiger partial charge on any atom is 0.234 e. The van der Waals surface area contributed by atoms with Gasteiger partial charge in [-0.2, -0.15) is 0 Å². The molecule has 0 aromatic rings. The van der Waals surface area contributed by atoms with Gasteiger partial charge in [0.05, 0.1) is 18.5 Å². The fourth-order valence-electron chi connectivity index (χ4n) is 2.86. The van der Waals surface area contributed by atoms with E-state index in [0.717, 1.165) is 38.7 Å². The van der Waals surface area contributed by atoms with E-state index in [1.807, 2.05) is 41.5 Å². The van der Waals surface area contributed by atoms with Gasteiger partial charge in [0, 0.05) is 45.3 Å². The summed E-state index contributed by atoms with van der Waals surface area (Å²) < 4.78 is 0. The number of hydrogen-bond acceptors (Lipinski definition) is 4. The van der Waals surface area contributed by atoms with Crippen LogP contribution in [0.3, 0.4) is 0 Å². The molecule has 0 aliphatic carbocycles. The van der Waals surface area contributed by atoms with Crippen molar-refractivity contribution in [3.8, 4) is 0 Å². The van der Waals surface area contributed by atoms with Gasteiger partial charge in [0.2, 0.25) is 11.8 Å². The number of guanidine groups is 1. The number of rotatable bonds is 8. The van der Waals surface area contributed by atoms with Gasteiger partial charge in [-0.1, -0.05) is 0 Å². The molecule has 1 aliphatic rings. The normalized spacial score (nSPS) is 16.4. The number of hydrogen-bond donors (Lipinski definition) is 3. The molecule has 27 heavy (non-hydrogen) atoms. The summed E-state index contributed by atoms with van der Waals surface area (Å²) in [7, 11) is 0. The first-order valence-corrected chi connectivity index (χ1v) is 10.0. The van der Waals surface area contributed by atoms with Crippen LogP contribution in [-0.2, 0) is 9.59 Å². The number of nitrogens with zero attached hydrogens (tertiary/aromatic N) is 3. The molecule has 8 heteroatoms. The number of aliphatic imine (C=N–C) groups is 1. The summed E-state index contributed by atoms with van der Waals surface area (Å²) in [4.78, 5) is 33.2. The molecule has 1 saturated heterocycles. The zero-order chi connectivity index (χ0) is 20.4. The smallest absolute Gasteiger partial charge is 0.234 e. The zero-order valence-electron chi connectivity index (χ0n) is 17.9. The predicted octanol–water partition coefficient (Wildman–Crippen LogP) is 0.256. The van der Waals surface area contributed by atoms with Crippen molar-refractivity contribution in [1.29, 1.82) is 0 Å². The molecule has 3 N–H and O–H groups in total. The van der Waals surface area contributed by atoms with Gasteiger partial charge in [0.1, 0.15) is 0 Å². The van der Waals surface area contributed by atoms with Gasteiger partial charge >= 0.3 is 0 Å². The monoisotopic (exact) mass is 382 g/mol. The summed E-state index contributed by atoms with van der Waals surface area (Å²) in [6.45, 7) is 17.2. The van der Waals surface area contributed by atoms with Crippen molar-refractivity contribution in [3.05, 3.63) is 0 Å². The minimum atomic E-state index is -0.548. The Morgan fingerprint density at radius 1 is 1.04 bits per heavy atom. The molecule has 1 aliphatic heterocycles. The Morgan fingerprint density at radius 2 is 1.63 bits per heavy atom. The van der Waals surface area contributed by atoms with Gasteiger partial charge in [-0.05, 0) is 41.5 Å². The summed E-state index contributed by atoms with van der Waals surface area (Å²) in [6, 6.07) is 0.166. The average Bonchev–Trinajstić information content (AvgIpc) is 2.59. The highest BCUT2D eigenvalue weighted by atomic mass is 16.2. The van der Waals surface area contributed by atoms with Crippen molar-refractivity contribution in [1.82, 2.24) is 25.8 Å². The molecule has 0 spiro atoms. The molecule has 156 valence electrons. The lowest BCUT2D eigenvalue weighted by Gasteiger charge is -2.36. The lowest BCUT2D eigenvalue weighted by atomic mass is 9.92. The Hall–Kier alpha value is -1.83. The van der Waals surface area contributed by atoms with Crippen LogP contribution in [0.2, 0.25) is 0 Å². The molecule has 1 heterocycles. The third-order valence-corrected chi connectivity index (χ3v) is 4.40. The van der Waals surface area contributed by atoms with Gasteiger partial charge in [-0.3, -0.25) is 19.5 Å². The van der Waals surface area contributed by atoms with Gasteiger partial charge in [0.15, 0.2) is 5.96 Å². The SMILES string of the molecule is CCNC(=O)C(C)(C)CN=C(NCC)N1CCN(CC(=O)NC(C)C)CC1. The average molecular weight is 383 g/mol. The Morgan fingerprint density at radius 3 is 2.15 bits per heavy atom. The van der Waals surface area contributed by atoms with Gasteiger partial charge in [-0.15, -0.1) is 0 Å². The highest BCUT2D eigenvalue weighted by Crippen LogP contribution is 2.16. The molecule has 1 fully saturated rings. The van der Waals surface area contributed by atoms with Gasteiger partial charge in [-0.25, -0.2) is 0 Å². The third-order valence-electron chi connectivity index (χ3n) is 4.40. The topological polar surface area (TPSA) is 89.1 Å². The van der Waals surface area contributed by atoms with Crippen LogP contribution in [0, 0.1) is 5.41 Å². The molecule has 8 nitrogen and oxygen atoms in total. The Balaban J connectivity index is 2.61. The van der Waals surface area contributed by atoms with Crippen molar-refractivity contribution in [2.24, 2.45) is 10.4 Å². The summed E-state index contributed by atoms with van der Waals surface area (Å²) in [5.41, 5.74) is -0.548. The number of carbonyl (C=O) groups excluding carboxylic acids is 2. The van der Waals surface area contributed by atoms with E-state index in [0.29, 0.717) is 19.6 Å². The molecule has 0 saturated carbocycles. The van der Waals surface area contributed by atoms with E-state index in [1.165, 1.54) is 0 Å². The molecule has 0 aromatic heterocycles. The van der Waals surface area contributed by atoms with E-state index >= 15 is 0 Å². The van der Waals surface area contributed by atoms with E-state index in [-0.39, 0.29) is 17.9 Å². The van der Waals surface area contributed by atoms with Gasteiger partial charge in [0.25, 0.3) is 0 Å². The first kappa shape index (κ1) is 23.2. The molecule has 2 amide bonds. The maximum atomic E-state index is 12.2. The molecule has 0 aromatic carbocycles. The standard InChI is InChI=1S/C19H38N6O2/c1-7-20-17(27)19(5,6)14-22-18(21-8-2)25-11-9-24(10-12-25)13-16(26)23-15(3)4/h15H,7-14H2,1-6H3,(H,20,27)(H,21,22)(H,23,26). The molecule has 0 unspecified atom stereocenters. The van der Waals surface area contributed by atoms with E-state index in [4.69, 9.17) is 4.99 Å². The van der Waals surface area contributed by atoms with Crippen LogP contribution in [0.1, 0.15) is 41.5 Å². The van der Waals surface area contributed by atoms with Crippen molar-refractivity contribution in [3.63, 3.8) is 0 Å². The molecule has 0 radical (unpaired) electrons. The largest absolute Gasteiger partial charge is 0.357 e. The number of nitrogens with one attached hydrogen (secondary N) is 3. The van der Waals surface area contributed by atoms with E-state index in [9.17, 15) is 9.59 Å². The second-order valence-corrected chi connectivity index (χ2v) is 7.90. The van der Waals surface area contributed by atoms with E-state index < -0.39 is 5.41 Å². The van der Waals surface area contributed by atoms with Crippen LogP contribution in [0.4, 0.5) is 0 Å². The quantitative estimate of drug-likeness (QED) is 0.414. The first-order valence-electron chi connectivity index (χ1n) is 10.0. The van der Waals surface area contributed by atoms with Gasteiger partial charge < -0.3 is 20.9 Å². The van der Waals surface area contributed by atoms with Crippen LogP contribution >= 0.6 is 0 Å². The lowest BCUT2D eigenvalue weighted by molar-refractivity contribution is -0.128. The minimum absolute atomic E-state index is 0.0191. The minimum Gasteiger partial charge on any atom is -0.357 e. The van der Waals surface area contributed by atoms with Crippen LogP contribution < -0.4 is 16.0 Å². The van der Waals surface area contributed by atoms with Crippen LogP contribution in [-0.4, -0.2) is 86.0 Å². The second-order valence-electron chi connectivity index (χ2n) is 7.90. The molecular formula is C19H38N6O2. The Kier molecular flexibility index (Phi) is 9.55. The Bertz CT molecular complexity index is 510. The molecule has 1 rings (SSSR count). The van der Waals surface area contributed by atoms with E-state index in [2.05, 4.69) is 25.8 Å². The highest BCUT2D eigenvalue weighted by molar-refractivity contribution is 5.84. The van der Waals surface area contributed by atoms with Crippen LogP contribution in [0.5, 0.6) is 0 Å². The molecular weight excluding hydrogens is 344 g/mol. The van der Waals surface area contributed by atoms with Crippen LogP contribution in [0.15, 0.2) is 4.99 Å². The van der Waals surface area contributed by atoms with Crippen LogP contribution in [0.25, 0.3) is 0 Å². The Labute approximate surface area is 164 Å². The second kappa shape index (κ2) is 11.1. The fraction of sp³-hybridized carbons (Fsp3) is 0.842. The van der Waals surface area contributed by atoms with Crippen molar-refractivity contribution in [2.45, 2.75) is 47.6 Å². The van der Waals surface area contributed by atoms with Crippen molar-refractivity contribution >= 4 is 17.8 Å². The van der Waals surface area contributed by atoms with Crippen molar-refractivity contribution in [2.75, 3.05) is 52.4 Å². The summed E-state index contributed by atoms with van der Waals surface area (Å²) >= 11 is 0. The van der Waals surface area contributed by atoms with Crippen molar-refractivity contribution < 1.29 is 9.59 Å².